The number of pyridine rings is 1. The van der Waals surface area contributed by atoms with E-state index in [1.807, 2.05) is 24.3 Å². The highest BCUT2D eigenvalue weighted by atomic mass is 32.2. The first-order valence-corrected chi connectivity index (χ1v) is 12.1. The van der Waals surface area contributed by atoms with Crippen molar-refractivity contribution < 1.29 is 18.3 Å². The number of para-hydroxylation sites is 1. The number of methoxy groups -OCH3 is 1. The molecule has 2 aromatic heterocycles. The lowest BCUT2D eigenvalue weighted by Crippen LogP contribution is -2.36. The second kappa shape index (κ2) is 7.94. The minimum absolute atomic E-state index is 0.00177. The van der Waals surface area contributed by atoms with E-state index in [-0.39, 0.29) is 34.3 Å². The van der Waals surface area contributed by atoms with E-state index in [2.05, 4.69) is 15.1 Å². The largest absolute Gasteiger partial charge is 0.505 e. The number of amidine groups is 1. The van der Waals surface area contributed by atoms with E-state index in [1.165, 1.54) is 22.1 Å². The highest BCUT2D eigenvalue weighted by Crippen LogP contribution is 2.34. The average Bonchev–Trinajstić information content (AvgIpc) is 3.29. The summed E-state index contributed by atoms with van der Waals surface area (Å²) in [6.45, 7) is 0.285. The molecule has 3 heterocycles. The van der Waals surface area contributed by atoms with Crippen molar-refractivity contribution in [3.63, 3.8) is 0 Å². The van der Waals surface area contributed by atoms with E-state index in [0.717, 1.165) is 5.56 Å². The van der Waals surface area contributed by atoms with Gasteiger partial charge in [-0.1, -0.05) is 24.3 Å². The number of thiophene rings is 1. The number of anilines is 1. The van der Waals surface area contributed by atoms with E-state index in [0.29, 0.717) is 16.0 Å². The van der Waals surface area contributed by atoms with Crippen LogP contribution in [0.15, 0.2) is 74.1 Å². The van der Waals surface area contributed by atoms with Crippen molar-refractivity contribution in [3.8, 4) is 11.5 Å². The average molecular weight is 483 g/mol. The summed E-state index contributed by atoms with van der Waals surface area (Å²) in [5.74, 6) is 0.118. The Bertz CT molecular complexity index is 1590. The maximum absolute atomic E-state index is 13.5. The lowest BCUT2D eigenvalue weighted by molar-refractivity contribution is 0.414. The number of ether oxygens (including phenoxy) is 1. The highest BCUT2D eigenvalue weighted by molar-refractivity contribution is 7.90. The van der Waals surface area contributed by atoms with Crippen LogP contribution in [0, 0.1) is 0 Å². The first-order valence-electron chi connectivity index (χ1n) is 9.82. The Hall–Kier alpha value is -3.83. The number of nitrogens with one attached hydrogen (secondary N) is 2. The summed E-state index contributed by atoms with van der Waals surface area (Å²) >= 11 is 1.23. The molecule has 3 N–H and O–H groups in total. The van der Waals surface area contributed by atoms with Gasteiger partial charge >= 0.3 is 0 Å². The zero-order valence-electron chi connectivity index (χ0n) is 17.3. The highest BCUT2D eigenvalue weighted by Gasteiger charge is 2.30. The van der Waals surface area contributed by atoms with Gasteiger partial charge in [0, 0.05) is 0 Å². The molecule has 0 saturated heterocycles. The molecule has 168 valence electrons. The number of nitrogens with zero attached hydrogens (tertiary/aromatic N) is 2. The first kappa shape index (κ1) is 21.0. The van der Waals surface area contributed by atoms with Gasteiger partial charge in [0.25, 0.3) is 15.6 Å². The Morgan fingerprint density at radius 1 is 1.18 bits per heavy atom. The number of aromatic hydroxyl groups is 1. The molecule has 9 nitrogen and oxygen atoms in total. The topological polar surface area (TPSA) is 122 Å². The van der Waals surface area contributed by atoms with Crippen molar-refractivity contribution >= 4 is 43.1 Å². The summed E-state index contributed by atoms with van der Waals surface area (Å²) in [4.78, 5) is 13.5. The fourth-order valence-corrected chi connectivity index (χ4v) is 5.59. The second-order valence-electron chi connectivity index (χ2n) is 7.22. The van der Waals surface area contributed by atoms with Gasteiger partial charge in [-0.3, -0.25) is 4.79 Å². The van der Waals surface area contributed by atoms with Crippen molar-refractivity contribution in [1.82, 2.24) is 4.68 Å². The van der Waals surface area contributed by atoms with Crippen molar-refractivity contribution in [2.45, 2.75) is 11.4 Å². The van der Waals surface area contributed by atoms with Crippen LogP contribution >= 0.6 is 11.3 Å². The maximum Gasteiger partial charge on any atom is 0.286 e. The molecule has 1 aliphatic rings. The van der Waals surface area contributed by atoms with Crippen LogP contribution in [0.4, 0.5) is 5.69 Å². The van der Waals surface area contributed by atoms with Gasteiger partial charge in [-0.05, 0) is 41.3 Å². The Morgan fingerprint density at radius 2 is 2.00 bits per heavy atom. The fourth-order valence-electron chi connectivity index (χ4n) is 3.64. The molecule has 5 rings (SSSR count). The normalized spacial score (nSPS) is 14.3. The maximum atomic E-state index is 13.5. The summed E-state index contributed by atoms with van der Waals surface area (Å²) in [7, 11) is -2.48. The van der Waals surface area contributed by atoms with Crippen LogP contribution in [0.2, 0.25) is 0 Å². The molecular weight excluding hydrogens is 464 g/mol. The van der Waals surface area contributed by atoms with Gasteiger partial charge in [-0.2, -0.15) is 8.42 Å². The van der Waals surface area contributed by atoms with Gasteiger partial charge < -0.3 is 20.6 Å². The van der Waals surface area contributed by atoms with Gasteiger partial charge in [-0.15, -0.1) is 15.7 Å². The summed E-state index contributed by atoms with van der Waals surface area (Å²) in [6.07, 6.45) is 0. The second-order valence-corrected chi connectivity index (χ2v) is 9.71. The van der Waals surface area contributed by atoms with Crippen molar-refractivity contribution in [3.05, 3.63) is 81.5 Å². The van der Waals surface area contributed by atoms with Gasteiger partial charge in [0.15, 0.2) is 11.6 Å². The van der Waals surface area contributed by atoms with E-state index >= 15 is 0 Å². The van der Waals surface area contributed by atoms with Crippen LogP contribution in [-0.2, 0) is 16.6 Å². The molecule has 0 saturated carbocycles. The van der Waals surface area contributed by atoms with Crippen LogP contribution in [0.1, 0.15) is 11.1 Å². The van der Waals surface area contributed by atoms with E-state index < -0.39 is 15.6 Å². The molecule has 0 unspecified atom stereocenters. The lowest BCUT2D eigenvalue weighted by atomic mass is 10.2. The SMILES string of the molecule is COc1cccc(CNn2c(=O)c(C3=NS(=O)(=O)c4ccccc4N3)c(O)c3sccc32)c1. The Labute approximate surface area is 192 Å². The molecule has 4 aromatic rings. The number of fused-ring (bicyclic) bond motifs is 2. The lowest BCUT2D eigenvalue weighted by Gasteiger charge is -2.20. The Kier molecular flexibility index (Phi) is 5.06. The minimum Gasteiger partial charge on any atom is -0.505 e. The smallest absolute Gasteiger partial charge is 0.286 e. The van der Waals surface area contributed by atoms with Crippen molar-refractivity contribution in [1.29, 1.82) is 0 Å². The molecule has 0 radical (unpaired) electrons. The van der Waals surface area contributed by atoms with E-state index in [9.17, 15) is 18.3 Å². The molecule has 1 aliphatic heterocycles. The minimum atomic E-state index is -4.05. The van der Waals surface area contributed by atoms with Crippen LogP contribution in [-0.4, -0.2) is 31.1 Å². The van der Waals surface area contributed by atoms with Gasteiger partial charge in [0.2, 0.25) is 0 Å². The van der Waals surface area contributed by atoms with Crippen LogP contribution < -0.4 is 21.0 Å². The third-order valence-corrected chi connectivity index (χ3v) is 7.44. The molecule has 0 bridgehead atoms. The quantitative estimate of drug-likeness (QED) is 0.400. The van der Waals surface area contributed by atoms with Crippen LogP contribution in [0.5, 0.6) is 11.5 Å². The molecule has 2 aromatic carbocycles. The fraction of sp³-hybridized carbons (Fsp3) is 0.0909. The molecular formula is C22H18N4O5S2. The summed E-state index contributed by atoms with van der Waals surface area (Å²) < 4.78 is 36.1. The predicted molar refractivity (Wildman–Crippen MR) is 128 cm³/mol. The molecule has 0 fully saturated rings. The summed E-state index contributed by atoms with van der Waals surface area (Å²) in [6, 6.07) is 15.3. The number of rotatable bonds is 5. The molecule has 0 aliphatic carbocycles. The molecule has 0 amide bonds. The van der Waals surface area contributed by atoms with Crippen LogP contribution in [0.25, 0.3) is 10.2 Å². The molecule has 33 heavy (non-hydrogen) atoms. The monoisotopic (exact) mass is 482 g/mol. The van der Waals surface area contributed by atoms with Crippen LogP contribution in [0.3, 0.4) is 0 Å². The number of aromatic nitrogens is 1. The number of hydrogen-bond acceptors (Lipinski definition) is 8. The zero-order valence-corrected chi connectivity index (χ0v) is 18.9. The number of benzene rings is 2. The molecule has 0 spiro atoms. The third kappa shape index (κ3) is 3.60. The predicted octanol–water partition coefficient (Wildman–Crippen LogP) is 3.08. The third-order valence-electron chi connectivity index (χ3n) is 5.20. The number of sulfonamides is 1. The van der Waals surface area contributed by atoms with E-state index in [1.54, 1.807) is 36.8 Å². The summed E-state index contributed by atoms with van der Waals surface area (Å²) in [5, 5.41) is 15.5. The van der Waals surface area contributed by atoms with Crippen molar-refractivity contribution in [2.75, 3.05) is 17.9 Å². The Balaban J connectivity index is 1.63. The van der Waals surface area contributed by atoms with Gasteiger partial charge in [0.1, 0.15) is 16.2 Å². The van der Waals surface area contributed by atoms with E-state index in [4.69, 9.17) is 4.74 Å². The van der Waals surface area contributed by atoms with Gasteiger partial charge in [-0.25, -0.2) is 4.68 Å². The summed E-state index contributed by atoms with van der Waals surface area (Å²) in [5.41, 5.74) is 3.81. The first-order chi connectivity index (χ1) is 15.9. The zero-order chi connectivity index (χ0) is 23.2. The standard InChI is InChI=1S/C22H18N4O5S2/c1-31-14-6-4-5-13(11-14)12-23-26-16-9-10-32-20(16)19(27)18(22(26)28)21-24-15-7-2-3-8-17(15)33(29,30)25-21/h2-11,23,27H,12H2,1H3,(H,24,25). The molecule has 0 atom stereocenters. The van der Waals surface area contributed by atoms with Gasteiger partial charge in [0.05, 0.1) is 29.6 Å². The van der Waals surface area contributed by atoms with Crippen molar-refractivity contribution in [2.24, 2.45) is 4.40 Å². The number of hydrogen-bond donors (Lipinski definition) is 3. The molecule has 11 heteroatoms. The Morgan fingerprint density at radius 3 is 2.82 bits per heavy atom.